The third-order valence-corrected chi connectivity index (χ3v) is 4.71. The summed E-state index contributed by atoms with van der Waals surface area (Å²) in [6, 6.07) is 2.21. The minimum atomic E-state index is -0.909. The molecule has 0 saturated heterocycles. The van der Waals surface area contributed by atoms with Gasteiger partial charge in [0.25, 0.3) is 0 Å². The fourth-order valence-corrected chi connectivity index (χ4v) is 3.76. The van der Waals surface area contributed by atoms with Gasteiger partial charge in [-0.25, -0.2) is 8.78 Å². The molecule has 1 fully saturated rings. The van der Waals surface area contributed by atoms with Crippen molar-refractivity contribution < 1.29 is 13.5 Å². The van der Waals surface area contributed by atoms with Crippen molar-refractivity contribution >= 4 is 27.5 Å². The van der Waals surface area contributed by atoms with Crippen molar-refractivity contribution in [2.45, 2.75) is 37.1 Å². The number of ether oxygens (including phenoxy) is 1. The molecule has 0 amide bonds. The van der Waals surface area contributed by atoms with E-state index in [-0.39, 0.29) is 9.85 Å². The third-order valence-electron chi connectivity index (χ3n) is 3.51. The molecule has 1 aromatic carbocycles. The van der Waals surface area contributed by atoms with Crippen LogP contribution in [0.3, 0.4) is 0 Å². The first kappa shape index (κ1) is 15.2. The molecule has 1 aromatic rings. The van der Waals surface area contributed by atoms with Crippen molar-refractivity contribution in [3.05, 3.63) is 34.4 Å². The minimum absolute atomic E-state index is 0.0531. The Labute approximate surface area is 125 Å². The molecule has 0 heterocycles. The van der Waals surface area contributed by atoms with Crippen LogP contribution in [0, 0.1) is 17.6 Å². The summed E-state index contributed by atoms with van der Waals surface area (Å²) in [5, 5.41) is 0.265. The summed E-state index contributed by atoms with van der Waals surface area (Å²) in [6.07, 6.45) is 3.26. The average Bonchev–Trinajstić information content (AvgIpc) is 2.31. The van der Waals surface area contributed by atoms with Crippen molar-refractivity contribution in [2.75, 3.05) is 6.61 Å². The predicted molar refractivity (Wildman–Crippen MR) is 75.8 cm³/mol. The summed E-state index contributed by atoms with van der Waals surface area (Å²) >= 11 is 9.47. The number of alkyl halides is 1. The summed E-state index contributed by atoms with van der Waals surface area (Å²) in [4.78, 5) is -0.0531. The number of benzene rings is 1. The van der Waals surface area contributed by atoms with Crippen molar-refractivity contribution in [1.82, 2.24) is 0 Å². The highest BCUT2D eigenvalue weighted by Crippen LogP contribution is 2.42. The molecule has 0 aromatic heterocycles. The molecule has 2 rings (SSSR count). The molecule has 19 heavy (non-hydrogen) atoms. The van der Waals surface area contributed by atoms with Gasteiger partial charge < -0.3 is 4.74 Å². The Morgan fingerprint density at radius 1 is 1.37 bits per heavy atom. The fourth-order valence-electron chi connectivity index (χ4n) is 2.44. The second kappa shape index (κ2) is 6.51. The van der Waals surface area contributed by atoms with Crippen LogP contribution in [0.15, 0.2) is 12.1 Å². The maximum atomic E-state index is 13.2. The first-order valence-electron chi connectivity index (χ1n) is 6.41. The monoisotopic (exact) mass is 352 g/mol. The van der Waals surface area contributed by atoms with Gasteiger partial charge in [0.05, 0.1) is 6.10 Å². The van der Waals surface area contributed by atoms with E-state index in [1.807, 2.05) is 6.92 Å². The van der Waals surface area contributed by atoms with Gasteiger partial charge in [-0.05, 0) is 49.8 Å². The molecule has 106 valence electrons. The Kier molecular flexibility index (Phi) is 5.21. The van der Waals surface area contributed by atoms with Crippen molar-refractivity contribution in [2.24, 2.45) is 5.92 Å². The highest BCUT2D eigenvalue weighted by molar-refractivity contribution is 9.09. The van der Waals surface area contributed by atoms with Crippen LogP contribution < -0.4 is 0 Å². The Morgan fingerprint density at radius 2 is 2.00 bits per heavy atom. The van der Waals surface area contributed by atoms with E-state index in [9.17, 15) is 8.78 Å². The normalized spacial score (nSPS) is 24.1. The van der Waals surface area contributed by atoms with Crippen LogP contribution in [0.5, 0.6) is 0 Å². The van der Waals surface area contributed by atoms with E-state index in [4.69, 9.17) is 16.3 Å². The van der Waals surface area contributed by atoms with Crippen molar-refractivity contribution in [3.63, 3.8) is 0 Å². The molecular formula is C14H16BrClF2O. The Morgan fingerprint density at radius 3 is 2.63 bits per heavy atom. The van der Waals surface area contributed by atoms with Gasteiger partial charge in [0.1, 0.15) is 0 Å². The van der Waals surface area contributed by atoms with E-state index in [0.29, 0.717) is 17.6 Å². The van der Waals surface area contributed by atoms with Gasteiger partial charge in [-0.1, -0.05) is 27.5 Å². The zero-order valence-corrected chi connectivity index (χ0v) is 13.0. The van der Waals surface area contributed by atoms with Gasteiger partial charge in [-0.2, -0.15) is 0 Å². The van der Waals surface area contributed by atoms with E-state index >= 15 is 0 Å². The summed E-state index contributed by atoms with van der Waals surface area (Å²) in [5.74, 6) is -1.22. The van der Waals surface area contributed by atoms with Crippen LogP contribution in [-0.4, -0.2) is 12.7 Å². The highest BCUT2D eigenvalue weighted by atomic mass is 79.9. The molecule has 1 saturated carbocycles. The summed E-state index contributed by atoms with van der Waals surface area (Å²) in [7, 11) is 0. The SMILES string of the molecule is CCOC1CC(CC(Br)c2cc(F)c(F)cc2Cl)C1. The second-order valence-electron chi connectivity index (χ2n) is 4.91. The van der Waals surface area contributed by atoms with Crippen molar-refractivity contribution in [1.29, 1.82) is 0 Å². The molecule has 0 N–H and O–H groups in total. The van der Waals surface area contributed by atoms with E-state index in [1.54, 1.807) is 0 Å². The summed E-state index contributed by atoms with van der Waals surface area (Å²) < 4.78 is 31.8. The zero-order chi connectivity index (χ0) is 14.0. The molecule has 1 nitrogen and oxygen atoms in total. The lowest BCUT2D eigenvalue weighted by Crippen LogP contribution is -2.31. The lowest BCUT2D eigenvalue weighted by atomic mass is 9.78. The topological polar surface area (TPSA) is 9.23 Å². The van der Waals surface area contributed by atoms with Gasteiger partial charge in [0.2, 0.25) is 0 Å². The van der Waals surface area contributed by atoms with Crippen LogP contribution in [0.2, 0.25) is 5.02 Å². The van der Waals surface area contributed by atoms with Crippen LogP contribution in [0.1, 0.15) is 36.6 Å². The molecule has 0 radical (unpaired) electrons. The Balaban J connectivity index is 1.94. The fraction of sp³-hybridized carbons (Fsp3) is 0.571. The summed E-state index contributed by atoms with van der Waals surface area (Å²) in [5.41, 5.74) is 0.612. The highest BCUT2D eigenvalue weighted by Gasteiger charge is 2.31. The third kappa shape index (κ3) is 3.67. The predicted octanol–water partition coefficient (Wildman–Crippen LogP) is 5.26. The van der Waals surface area contributed by atoms with Gasteiger partial charge in [-0.3, -0.25) is 0 Å². The summed E-state index contributed by atoms with van der Waals surface area (Å²) in [6.45, 7) is 2.73. The average molecular weight is 354 g/mol. The molecule has 0 aliphatic heterocycles. The van der Waals surface area contributed by atoms with Crippen LogP contribution >= 0.6 is 27.5 Å². The van der Waals surface area contributed by atoms with Gasteiger partial charge in [0.15, 0.2) is 11.6 Å². The molecule has 1 unspecified atom stereocenters. The largest absolute Gasteiger partial charge is 0.378 e. The van der Waals surface area contributed by atoms with E-state index in [1.165, 1.54) is 6.07 Å². The van der Waals surface area contributed by atoms with Crippen LogP contribution in [-0.2, 0) is 4.74 Å². The lowest BCUT2D eigenvalue weighted by molar-refractivity contribution is -0.0264. The molecule has 1 aliphatic carbocycles. The molecule has 5 heteroatoms. The van der Waals surface area contributed by atoms with Gasteiger partial charge >= 0.3 is 0 Å². The smallest absolute Gasteiger partial charge is 0.160 e. The van der Waals surface area contributed by atoms with Gasteiger partial charge in [0, 0.05) is 16.5 Å². The van der Waals surface area contributed by atoms with Crippen LogP contribution in [0.4, 0.5) is 8.78 Å². The van der Waals surface area contributed by atoms with Gasteiger partial charge in [-0.15, -0.1) is 0 Å². The standard InChI is InChI=1S/C14H16BrClF2O/c1-2-19-9-3-8(4-9)5-11(15)10-6-13(17)14(18)7-12(10)16/h6-9,11H,2-5H2,1H3. The molecular weight excluding hydrogens is 338 g/mol. The van der Waals surface area contributed by atoms with E-state index < -0.39 is 11.6 Å². The van der Waals surface area contributed by atoms with E-state index in [0.717, 1.165) is 31.9 Å². The zero-order valence-electron chi connectivity index (χ0n) is 10.6. The number of rotatable bonds is 5. The maximum Gasteiger partial charge on any atom is 0.160 e. The van der Waals surface area contributed by atoms with Crippen LogP contribution in [0.25, 0.3) is 0 Å². The Bertz CT molecular complexity index is 449. The first-order valence-corrected chi connectivity index (χ1v) is 7.70. The molecule has 0 bridgehead atoms. The quantitative estimate of drug-likeness (QED) is 0.518. The number of hydrogen-bond acceptors (Lipinski definition) is 1. The molecule has 1 aliphatic rings. The molecule has 1 atom stereocenters. The first-order chi connectivity index (χ1) is 9.01. The second-order valence-corrected chi connectivity index (χ2v) is 6.42. The number of halogens is 4. The Hall–Kier alpha value is -0.190. The lowest BCUT2D eigenvalue weighted by Gasteiger charge is -2.36. The maximum absolute atomic E-state index is 13.2. The van der Waals surface area contributed by atoms with E-state index in [2.05, 4.69) is 15.9 Å². The molecule has 0 spiro atoms. The van der Waals surface area contributed by atoms with Crippen molar-refractivity contribution in [3.8, 4) is 0 Å². The number of hydrogen-bond donors (Lipinski definition) is 0. The minimum Gasteiger partial charge on any atom is -0.378 e.